The molecule has 0 saturated heterocycles. The van der Waals surface area contributed by atoms with Crippen LogP contribution >= 0.6 is 11.7 Å². The average molecular weight is 355 g/mol. The summed E-state index contributed by atoms with van der Waals surface area (Å²) in [4.78, 5) is 2.38. The molecule has 0 spiro atoms. The third-order valence-electron chi connectivity index (χ3n) is 4.86. The topological polar surface area (TPSA) is 75.2 Å². The van der Waals surface area contributed by atoms with Crippen LogP contribution in [-0.2, 0) is 10.0 Å². The van der Waals surface area contributed by atoms with Crippen molar-refractivity contribution in [3.05, 3.63) is 18.2 Å². The lowest BCUT2D eigenvalue weighted by atomic mass is 9.81. The van der Waals surface area contributed by atoms with Crippen molar-refractivity contribution in [3.63, 3.8) is 0 Å². The number of rotatable bonds is 5. The lowest BCUT2D eigenvalue weighted by Crippen LogP contribution is -2.53. The van der Waals surface area contributed by atoms with E-state index in [1.165, 1.54) is 6.42 Å². The van der Waals surface area contributed by atoms with Crippen LogP contribution < -0.4 is 4.72 Å². The van der Waals surface area contributed by atoms with Crippen LogP contribution in [0.4, 0.5) is 0 Å². The Morgan fingerprint density at radius 2 is 1.96 bits per heavy atom. The molecular weight excluding hydrogens is 332 g/mol. The van der Waals surface area contributed by atoms with Crippen LogP contribution in [0.15, 0.2) is 23.1 Å². The average Bonchev–Trinajstić information content (AvgIpc) is 3.02. The maximum atomic E-state index is 12.8. The Morgan fingerprint density at radius 3 is 2.65 bits per heavy atom. The fourth-order valence-electron chi connectivity index (χ4n) is 3.30. The molecule has 8 heteroatoms. The van der Waals surface area contributed by atoms with E-state index in [9.17, 15) is 8.42 Å². The van der Waals surface area contributed by atoms with Gasteiger partial charge in [0.05, 0.1) is 11.7 Å². The van der Waals surface area contributed by atoms with Gasteiger partial charge >= 0.3 is 0 Å². The van der Waals surface area contributed by atoms with Crippen molar-refractivity contribution in [1.82, 2.24) is 18.4 Å². The summed E-state index contributed by atoms with van der Waals surface area (Å²) in [5, 5.41) is 0. The van der Waals surface area contributed by atoms with Crippen molar-refractivity contribution < 1.29 is 8.42 Å². The minimum atomic E-state index is -3.60. The smallest absolute Gasteiger partial charge is 0.242 e. The number of sulfonamides is 1. The van der Waals surface area contributed by atoms with Gasteiger partial charge in [-0.05, 0) is 39.1 Å². The maximum Gasteiger partial charge on any atom is 0.242 e. The number of hydrogen-bond donors (Lipinski definition) is 1. The van der Waals surface area contributed by atoms with Crippen molar-refractivity contribution in [2.24, 2.45) is 0 Å². The Hall–Kier alpha value is -1.09. The molecule has 1 aliphatic carbocycles. The highest BCUT2D eigenvalue weighted by molar-refractivity contribution is 7.89. The second-order valence-corrected chi connectivity index (χ2v) is 8.66. The molecule has 1 aromatic heterocycles. The molecule has 1 N–H and O–H groups in total. The highest BCUT2D eigenvalue weighted by Gasteiger charge is 2.35. The number of likely N-dealkylation sites (N-methyl/N-ethyl adjacent to an activating group) is 1. The van der Waals surface area contributed by atoms with E-state index in [4.69, 9.17) is 0 Å². The predicted molar refractivity (Wildman–Crippen MR) is 92.1 cm³/mol. The minimum Gasteiger partial charge on any atom is -0.302 e. The van der Waals surface area contributed by atoms with Crippen molar-refractivity contribution in [3.8, 4) is 0 Å². The van der Waals surface area contributed by atoms with Crippen molar-refractivity contribution in [2.75, 3.05) is 20.6 Å². The standard InChI is InChI=1S/C15H22N4O2S2/c1-19(2)15(9-4-3-5-10-15)11-16-23(20,21)13-8-6-7-12-14(13)18-22-17-12/h6-8,16H,3-5,9-11H2,1-2H3. The van der Waals surface area contributed by atoms with Crippen LogP contribution in [0, 0.1) is 0 Å². The summed E-state index contributed by atoms with van der Waals surface area (Å²) in [6, 6.07) is 5.08. The molecule has 3 rings (SSSR count). The summed E-state index contributed by atoms with van der Waals surface area (Å²) in [5.41, 5.74) is 0.977. The van der Waals surface area contributed by atoms with Crippen LogP contribution in [0.5, 0.6) is 0 Å². The van der Waals surface area contributed by atoms with Gasteiger partial charge in [0, 0.05) is 12.1 Å². The lowest BCUT2D eigenvalue weighted by molar-refractivity contribution is 0.105. The van der Waals surface area contributed by atoms with Crippen molar-refractivity contribution in [2.45, 2.75) is 42.5 Å². The van der Waals surface area contributed by atoms with E-state index < -0.39 is 10.0 Å². The lowest BCUT2D eigenvalue weighted by Gasteiger charge is -2.43. The van der Waals surface area contributed by atoms with Gasteiger partial charge in [-0.1, -0.05) is 25.3 Å². The van der Waals surface area contributed by atoms with Gasteiger partial charge in [-0.3, -0.25) is 0 Å². The minimum absolute atomic E-state index is 0.0977. The van der Waals surface area contributed by atoms with Crippen LogP contribution in [0.25, 0.3) is 11.0 Å². The number of nitrogens with zero attached hydrogens (tertiary/aromatic N) is 3. The van der Waals surface area contributed by atoms with E-state index >= 15 is 0 Å². The number of nitrogens with one attached hydrogen (secondary N) is 1. The molecule has 23 heavy (non-hydrogen) atoms. The third-order valence-corrected chi connectivity index (χ3v) is 6.84. The number of benzene rings is 1. The van der Waals surface area contributed by atoms with Crippen LogP contribution in [0.3, 0.4) is 0 Å². The summed E-state index contributed by atoms with van der Waals surface area (Å²) >= 11 is 1.03. The number of hydrogen-bond acceptors (Lipinski definition) is 6. The highest BCUT2D eigenvalue weighted by Crippen LogP contribution is 2.32. The molecule has 0 unspecified atom stereocenters. The van der Waals surface area contributed by atoms with Gasteiger partial charge in [0.2, 0.25) is 10.0 Å². The molecule has 1 aromatic carbocycles. The Morgan fingerprint density at radius 1 is 1.22 bits per heavy atom. The van der Waals surface area contributed by atoms with E-state index in [-0.39, 0.29) is 10.4 Å². The highest BCUT2D eigenvalue weighted by atomic mass is 32.2. The molecule has 1 saturated carbocycles. The van der Waals surface area contributed by atoms with Gasteiger partial charge in [0.1, 0.15) is 15.9 Å². The molecule has 0 bridgehead atoms. The molecular formula is C15H22N4O2S2. The number of fused-ring (bicyclic) bond motifs is 1. The second-order valence-electron chi connectivity index (χ2n) is 6.39. The zero-order valence-electron chi connectivity index (χ0n) is 13.4. The summed E-state index contributed by atoms with van der Waals surface area (Å²) < 4.78 is 36.6. The van der Waals surface area contributed by atoms with Gasteiger partial charge in [-0.15, -0.1) is 0 Å². The fourth-order valence-corrected chi connectivity index (χ4v) is 5.18. The van der Waals surface area contributed by atoms with Gasteiger partial charge in [0.25, 0.3) is 0 Å². The Kier molecular flexibility index (Phi) is 4.68. The van der Waals surface area contributed by atoms with Crippen molar-refractivity contribution in [1.29, 1.82) is 0 Å². The van der Waals surface area contributed by atoms with E-state index in [1.54, 1.807) is 18.2 Å². The zero-order valence-corrected chi connectivity index (χ0v) is 15.1. The molecule has 2 aromatic rings. The molecule has 0 amide bonds. The largest absolute Gasteiger partial charge is 0.302 e. The molecule has 126 valence electrons. The second kappa shape index (κ2) is 6.43. The summed E-state index contributed by atoms with van der Waals surface area (Å²) in [6.07, 6.45) is 5.55. The molecule has 0 radical (unpaired) electrons. The van der Waals surface area contributed by atoms with E-state index in [0.29, 0.717) is 17.6 Å². The predicted octanol–water partition coefficient (Wildman–Crippen LogP) is 2.23. The van der Waals surface area contributed by atoms with Gasteiger partial charge in [-0.25, -0.2) is 13.1 Å². The van der Waals surface area contributed by atoms with Gasteiger partial charge in [0.15, 0.2) is 0 Å². The first kappa shape index (κ1) is 16.8. The van der Waals surface area contributed by atoms with Crippen LogP contribution in [-0.4, -0.2) is 48.2 Å². The Bertz CT molecular complexity index is 780. The van der Waals surface area contributed by atoms with Gasteiger partial charge in [-0.2, -0.15) is 8.75 Å². The van der Waals surface area contributed by atoms with Crippen molar-refractivity contribution >= 4 is 32.8 Å². The molecule has 1 fully saturated rings. The third kappa shape index (κ3) is 3.26. The zero-order chi connectivity index (χ0) is 16.5. The molecule has 6 nitrogen and oxygen atoms in total. The normalized spacial score (nSPS) is 18.6. The molecule has 0 atom stereocenters. The van der Waals surface area contributed by atoms with E-state index in [2.05, 4.69) is 18.4 Å². The van der Waals surface area contributed by atoms with E-state index in [1.807, 2.05) is 14.1 Å². The van der Waals surface area contributed by atoms with Crippen LogP contribution in [0.2, 0.25) is 0 Å². The molecule has 1 aliphatic rings. The first-order valence-corrected chi connectivity index (χ1v) is 10.0. The Balaban J connectivity index is 1.85. The maximum absolute atomic E-state index is 12.8. The Labute approximate surface area is 141 Å². The SMILES string of the molecule is CN(C)C1(CNS(=O)(=O)c2cccc3nsnc23)CCCCC1. The molecule has 1 heterocycles. The van der Waals surface area contributed by atoms with Crippen LogP contribution in [0.1, 0.15) is 32.1 Å². The van der Waals surface area contributed by atoms with E-state index in [0.717, 1.165) is 37.4 Å². The molecule has 0 aliphatic heterocycles. The quantitative estimate of drug-likeness (QED) is 0.891. The monoisotopic (exact) mass is 354 g/mol. The first-order valence-electron chi connectivity index (χ1n) is 7.83. The summed E-state index contributed by atoms with van der Waals surface area (Å²) in [6.45, 7) is 0.427. The first-order chi connectivity index (χ1) is 10.9. The fraction of sp³-hybridized carbons (Fsp3) is 0.600. The van der Waals surface area contributed by atoms with Gasteiger partial charge < -0.3 is 4.90 Å². The summed E-state index contributed by atoms with van der Waals surface area (Å²) in [5.74, 6) is 0. The number of aromatic nitrogens is 2. The summed E-state index contributed by atoms with van der Waals surface area (Å²) in [7, 11) is 0.465.